The minimum Gasteiger partial charge on any atom is -0.454 e. The maximum Gasteiger partial charge on any atom is 0.231 e. The standard InChI is InChI=1S/C18H25N3O3/c1-12(19-18-13(2)14(3)20-21(18)8-9-22)4-5-15-6-7-16-17(10-15)24-11-23-16/h6-7,10,12,19,22H,4-5,8-9,11H2,1-3H3. The molecule has 0 saturated carbocycles. The monoisotopic (exact) mass is 331 g/mol. The summed E-state index contributed by atoms with van der Waals surface area (Å²) in [5.74, 6) is 2.66. The number of fused-ring (bicyclic) bond motifs is 1. The van der Waals surface area contributed by atoms with Crippen LogP contribution in [-0.2, 0) is 13.0 Å². The average Bonchev–Trinajstić information content (AvgIpc) is 3.13. The zero-order valence-electron chi connectivity index (χ0n) is 14.5. The van der Waals surface area contributed by atoms with E-state index in [-0.39, 0.29) is 6.61 Å². The smallest absolute Gasteiger partial charge is 0.231 e. The Labute approximate surface area is 142 Å². The molecule has 2 heterocycles. The van der Waals surface area contributed by atoms with Crippen molar-refractivity contribution >= 4 is 5.82 Å². The van der Waals surface area contributed by atoms with Gasteiger partial charge in [0.05, 0.1) is 18.8 Å². The van der Waals surface area contributed by atoms with Crippen LogP contribution in [-0.4, -0.2) is 34.3 Å². The normalized spacial score (nSPS) is 14.0. The molecule has 0 bridgehead atoms. The highest BCUT2D eigenvalue weighted by Crippen LogP contribution is 2.33. The first-order valence-corrected chi connectivity index (χ1v) is 8.38. The van der Waals surface area contributed by atoms with E-state index in [1.165, 1.54) is 5.56 Å². The Kier molecular flexibility index (Phi) is 4.94. The maximum absolute atomic E-state index is 9.20. The predicted octanol–water partition coefficient (Wildman–Crippen LogP) is 2.65. The maximum atomic E-state index is 9.20. The van der Waals surface area contributed by atoms with Crippen LogP contribution in [0.2, 0.25) is 0 Å². The molecule has 0 amide bonds. The molecular formula is C18H25N3O3. The van der Waals surface area contributed by atoms with Gasteiger partial charge in [-0.2, -0.15) is 5.10 Å². The van der Waals surface area contributed by atoms with Crippen molar-refractivity contribution in [3.8, 4) is 11.5 Å². The molecule has 6 nitrogen and oxygen atoms in total. The zero-order chi connectivity index (χ0) is 17.1. The Bertz CT molecular complexity index is 712. The molecular weight excluding hydrogens is 306 g/mol. The van der Waals surface area contributed by atoms with Crippen LogP contribution in [0.5, 0.6) is 11.5 Å². The highest BCUT2D eigenvalue weighted by molar-refractivity contribution is 5.47. The molecule has 130 valence electrons. The highest BCUT2D eigenvalue weighted by Gasteiger charge is 2.15. The fraction of sp³-hybridized carbons (Fsp3) is 0.500. The summed E-state index contributed by atoms with van der Waals surface area (Å²) in [7, 11) is 0. The lowest BCUT2D eigenvalue weighted by Gasteiger charge is -2.17. The molecule has 0 fully saturated rings. The molecule has 0 aliphatic carbocycles. The number of aromatic nitrogens is 2. The van der Waals surface area contributed by atoms with Crippen molar-refractivity contribution in [2.45, 2.75) is 46.2 Å². The van der Waals surface area contributed by atoms with Crippen molar-refractivity contribution in [1.82, 2.24) is 9.78 Å². The number of anilines is 1. The first kappa shape index (κ1) is 16.6. The lowest BCUT2D eigenvalue weighted by atomic mass is 10.1. The number of hydrogen-bond acceptors (Lipinski definition) is 5. The molecule has 2 N–H and O–H groups in total. The van der Waals surface area contributed by atoms with E-state index in [0.29, 0.717) is 19.4 Å². The van der Waals surface area contributed by atoms with E-state index >= 15 is 0 Å². The van der Waals surface area contributed by atoms with Crippen LogP contribution in [0.1, 0.15) is 30.2 Å². The molecule has 1 aliphatic heterocycles. The third-order valence-electron chi connectivity index (χ3n) is 4.42. The van der Waals surface area contributed by atoms with Gasteiger partial charge in [-0.3, -0.25) is 0 Å². The largest absolute Gasteiger partial charge is 0.454 e. The van der Waals surface area contributed by atoms with Crippen LogP contribution in [0.3, 0.4) is 0 Å². The summed E-state index contributed by atoms with van der Waals surface area (Å²) < 4.78 is 12.6. The van der Waals surface area contributed by atoms with Crippen LogP contribution < -0.4 is 14.8 Å². The Hall–Kier alpha value is -2.21. The van der Waals surface area contributed by atoms with Gasteiger partial charge in [-0.15, -0.1) is 0 Å². The third-order valence-corrected chi connectivity index (χ3v) is 4.42. The van der Waals surface area contributed by atoms with Gasteiger partial charge in [-0.25, -0.2) is 4.68 Å². The molecule has 24 heavy (non-hydrogen) atoms. The van der Waals surface area contributed by atoms with Gasteiger partial charge in [0.2, 0.25) is 6.79 Å². The number of hydrogen-bond donors (Lipinski definition) is 2. The molecule has 1 atom stereocenters. The van der Waals surface area contributed by atoms with E-state index in [4.69, 9.17) is 9.47 Å². The van der Waals surface area contributed by atoms with Crippen LogP contribution in [0.15, 0.2) is 18.2 Å². The molecule has 1 aromatic heterocycles. The summed E-state index contributed by atoms with van der Waals surface area (Å²) in [4.78, 5) is 0. The lowest BCUT2D eigenvalue weighted by molar-refractivity contribution is 0.174. The number of rotatable bonds is 7. The molecule has 1 aromatic carbocycles. The average molecular weight is 331 g/mol. The van der Waals surface area contributed by atoms with Gasteiger partial charge in [0.1, 0.15) is 5.82 Å². The van der Waals surface area contributed by atoms with Crippen LogP contribution in [0.25, 0.3) is 0 Å². The molecule has 1 unspecified atom stereocenters. The Morgan fingerprint density at radius 1 is 1.29 bits per heavy atom. The second-order valence-corrected chi connectivity index (χ2v) is 6.28. The SMILES string of the molecule is Cc1nn(CCO)c(NC(C)CCc2ccc3c(c2)OCO3)c1C. The summed E-state index contributed by atoms with van der Waals surface area (Å²) >= 11 is 0. The van der Waals surface area contributed by atoms with Gasteiger partial charge in [0.25, 0.3) is 0 Å². The number of benzene rings is 1. The summed E-state index contributed by atoms with van der Waals surface area (Å²) in [5.41, 5.74) is 3.37. The van der Waals surface area contributed by atoms with Gasteiger partial charge in [0.15, 0.2) is 11.5 Å². The Morgan fingerprint density at radius 2 is 2.08 bits per heavy atom. The highest BCUT2D eigenvalue weighted by atomic mass is 16.7. The predicted molar refractivity (Wildman–Crippen MR) is 92.8 cm³/mol. The van der Waals surface area contributed by atoms with Gasteiger partial charge in [-0.05, 0) is 51.3 Å². The molecule has 1 aliphatic rings. The lowest BCUT2D eigenvalue weighted by Crippen LogP contribution is -2.20. The van der Waals surface area contributed by atoms with E-state index in [2.05, 4.69) is 36.4 Å². The van der Waals surface area contributed by atoms with Gasteiger partial charge < -0.3 is 19.9 Å². The molecule has 2 aromatic rings. The molecule has 0 radical (unpaired) electrons. The number of ether oxygens (including phenoxy) is 2. The quantitative estimate of drug-likeness (QED) is 0.816. The van der Waals surface area contributed by atoms with Crippen molar-refractivity contribution < 1.29 is 14.6 Å². The van der Waals surface area contributed by atoms with Crippen molar-refractivity contribution in [1.29, 1.82) is 0 Å². The van der Waals surface area contributed by atoms with E-state index in [0.717, 1.165) is 41.4 Å². The topological polar surface area (TPSA) is 68.5 Å². The first-order valence-electron chi connectivity index (χ1n) is 8.38. The second-order valence-electron chi connectivity index (χ2n) is 6.28. The van der Waals surface area contributed by atoms with E-state index in [9.17, 15) is 5.11 Å². The Balaban J connectivity index is 1.61. The van der Waals surface area contributed by atoms with Gasteiger partial charge in [0, 0.05) is 11.6 Å². The van der Waals surface area contributed by atoms with Crippen molar-refractivity contribution in [3.05, 3.63) is 35.0 Å². The van der Waals surface area contributed by atoms with Crippen LogP contribution in [0.4, 0.5) is 5.82 Å². The molecule has 0 spiro atoms. The summed E-state index contributed by atoms with van der Waals surface area (Å²) in [5, 5.41) is 17.2. The third kappa shape index (κ3) is 3.48. The zero-order valence-corrected chi connectivity index (χ0v) is 14.5. The minimum atomic E-state index is 0.0841. The fourth-order valence-electron chi connectivity index (χ4n) is 2.90. The summed E-state index contributed by atoms with van der Waals surface area (Å²) in [6.07, 6.45) is 1.94. The fourth-order valence-corrected chi connectivity index (χ4v) is 2.90. The number of nitrogens with one attached hydrogen (secondary N) is 1. The molecule has 0 saturated heterocycles. The molecule has 6 heteroatoms. The van der Waals surface area contributed by atoms with E-state index < -0.39 is 0 Å². The molecule has 3 rings (SSSR count). The van der Waals surface area contributed by atoms with E-state index in [1.807, 2.05) is 17.7 Å². The van der Waals surface area contributed by atoms with Crippen molar-refractivity contribution in [2.24, 2.45) is 0 Å². The second kappa shape index (κ2) is 7.13. The van der Waals surface area contributed by atoms with Crippen LogP contribution in [0, 0.1) is 13.8 Å². The number of aliphatic hydroxyl groups is 1. The van der Waals surface area contributed by atoms with Crippen molar-refractivity contribution in [2.75, 3.05) is 18.7 Å². The van der Waals surface area contributed by atoms with Gasteiger partial charge in [-0.1, -0.05) is 6.07 Å². The summed E-state index contributed by atoms with van der Waals surface area (Å²) in [6, 6.07) is 6.41. The Morgan fingerprint density at radius 3 is 2.88 bits per heavy atom. The minimum absolute atomic E-state index is 0.0841. The first-order chi connectivity index (χ1) is 11.6. The van der Waals surface area contributed by atoms with Crippen molar-refractivity contribution in [3.63, 3.8) is 0 Å². The van der Waals surface area contributed by atoms with E-state index in [1.54, 1.807) is 0 Å². The van der Waals surface area contributed by atoms with Gasteiger partial charge >= 0.3 is 0 Å². The summed E-state index contributed by atoms with van der Waals surface area (Å²) in [6.45, 7) is 7.11. The van der Waals surface area contributed by atoms with Crippen LogP contribution >= 0.6 is 0 Å². The number of aliphatic hydroxyl groups excluding tert-OH is 1. The number of aryl methyl sites for hydroxylation is 2. The number of nitrogens with zero attached hydrogens (tertiary/aromatic N) is 2.